The molecule has 138 valence electrons. The van der Waals surface area contributed by atoms with E-state index in [1.807, 2.05) is 31.2 Å². The van der Waals surface area contributed by atoms with E-state index >= 15 is 0 Å². The van der Waals surface area contributed by atoms with Crippen LogP contribution in [0.15, 0.2) is 59.8 Å². The quantitative estimate of drug-likeness (QED) is 0.442. The molecule has 0 spiro atoms. The van der Waals surface area contributed by atoms with E-state index in [-0.39, 0.29) is 23.3 Å². The first-order chi connectivity index (χ1) is 13.0. The van der Waals surface area contributed by atoms with Crippen LogP contribution in [0.1, 0.15) is 5.56 Å². The molecular formula is C19H19N5O2S. The molecule has 0 atom stereocenters. The van der Waals surface area contributed by atoms with Crippen molar-refractivity contribution < 1.29 is 9.53 Å². The van der Waals surface area contributed by atoms with Gasteiger partial charge in [-0.2, -0.15) is 0 Å². The minimum atomic E-state index is -0.183. The van der Waals surface area contributed by atoms with Gasteiger partial charge in [0.05, 0.1) is 5.75 Å². The number of aryl methyl sites for hydroxylation is 1. The van der Waals surface area contributed by atoms with E-state index in [1.54, 1.807) is 24.3 Å². The number of nitrogen functional groups attached to an aromatic ring is 2. The van der Waals surface area contributed by atoms with Crippen LogP contribution in [0.25, 0.3) is 0 Å². The highest BCUT2D eigenvalue weighted by Crippen LogP contribution is 2.24. The van der Waals surface area contributed by atoms with Crippen LogP contribution in [0.4, 0.5) is 17.3 Å². The molecule has 0 fully saturated rings. The van der Waals surface area contributed by atoms with Crippen molar-refractivity contribution in [2.75, 3.05) is 22.5 Å². The smallest absolute Gasteiger partial charge is 0.234 e. The number of carbonyl (C=O) groups excluding carboxylic acids is 1. The third kappa shape index (κ3) is 5.61. The van der Waals surface area contributed by atoms with Crippen molar-refractivity contribution in [3.05, 3.63) is 60.2 Å². The lowest BCUT2D eigenvalue weighted by molar-refractivity contribution is -0.113. The van der Waals surface area contributed by atoms with Crippen molar-refractivity contribution in [3.8, 4) is 11.5 Å². The number of aromatic nitrogens is 2. The highest BCUT2D eigenvalue weighted by atomic mass is 32.2. The Kier molecular flexibility index (Phi) is 5.77. The van der Waals surface area contributed by atoms with E-state index in [2.05, 4.69) is 15.3 Å². The van der Waals surface area contributed by atoms with E-state index < -0.39 is 0 Å². The normalized spacial score (nSPS) is 10.4. The zero-order chi connectivity index (χ0) is 19.2. The second-order valence-electron chi connectivity index (χ2n) is 5.78. The first-order valence-corrected chi connectivity index (χ1v) is 9.14. The number of hydrogen-bond donors (Lipinski definition) is 3. The van der Waals surface area contributed by atoms with Gasteiger partial charge in [0.25, 0.3) is 0 Å². The molecule has 0 saturated carbocycles. The van der Waals surface area contributed by atoms with Crippen molar-refractivity contribution in [2.24, 2.45) is 0 Å². The molecule has 27 heavy (non-hydrogen) atoms. The highest BCUT2D eigenvalue weighted by Gasteiger charge is 2.07. The zero-order valence-electron chi connectivity index (χ0n) is 14.7. The topological polar surface area (TPSA) is 116 Å². The number of carbonyl (C=O) groups is 1. The Morgan fingerprint density at radius 3 is 2.41 bits per heavy atom. The van der Waals surface area contributed by atoms with Gasteiger partial charge in [0.1, 0.15) is 23.1 Å². The minimum Gasteiger partial charge on any atom is -0.457 e. The van der Waals surface area contributed by atoms with Gasteiger partial charge in [0.2, 0.25) is 5.91 Å². The number of nitrogens with one attached hydrogen (secondary N) is 1. The average molecular weight is 381 g/mol. The number of nitrogens with two attached hydrogens (primary N) is 2. The number of anilines is 3. The van der Waals surface area contributed by atoms with Gasteiger partial charge in [-0.1, -0.05) is 23.9 Å². The number of hydrogen-bond acceptors (Lipinski definition) is 7. The molecule has 1 aromatic heterocycles. The van der Waals surface area contributed by atoms with Gasteiger partial charge in [-0.25, -0.2) is 9.97 Å². The van der Waals surface area contributed by atoms with E-state index in [9.17, 15) is 4.79 Å². The highest BCUT2D eigenvalue weighted by molar-refractivity contribution is 7.99. The Morgan fingerprint density at radius 2 is 1.74 bits per heavy atom. The number of thioether (sulfide) groups is 1. The number of amides is 1. The molecule has 0 aliphatic heterocycles. The van der Waals surface area contributed by atoms with Crippen LogP contribution in [0.3, 0.4) is 0 Å². The Labute approximate surface area is 161 Å². The molecule has 5 N–H and O–H groups in total. The SMILES string of the molecule is Cc1cccc(Oc2ccc(NC(=O)CSc3nc(N)cc(N)n3)cc2)c1. The molecule has 1 amide bonds. The summed E-state index contributed by atoms with van der Waals surface area (Å²) in [6.07, 6.45) is 0. The van der Waals surface area contributed by atoms with Gasteiger partial charge < -0.3 is 21.5 Å². The molecule has 3 rings (SSSR count). The summed E-state index contributed by atoms with van der Waals surface area (Å²) >= 11 is 1.16. The summed E-state index contributed by atoms with van der Waals surface area (Å²) in [4.78, 5) is 20.1. The maximum absolute atomic E-state index is 12.1. The standard InChI is InChI=1S/C19H19N5O2S/c1-12-3-2-4-15(9-12)26-14-7-5-13(6-8-14)22-18(25)11-27-19-23-16(20)10-17(21)24-19/h2-10H,11H2,1H3,(H,22,25)(H4,20,21,23,24). The third-order valence-electron chi connectivity index (χ3n) is 3.44. The molecule has 0 bridgehead atoms. The first kappa shape index (κ1) is 18.5. The fourth-order valence-corrected chi connectivity index (χ4v) is 2.95. The van der Waals surface area contributed by atoms with Gasteiger partial charge in [-0.3, -0.25) is 4.79 Å². The number of rotatable bonds is 6. The maximum Gasteiger partial charge on any atom is 0.234 e. The van der Waals surface area contributed by atoms with Crippen LogP contribution in [0.2, 0.25) is 0 Å². The predicted octanol–water partition coefficient (Wildman–Crippen LogP) is 3.47. The maximum atomic E-state index is 12.1. The van der Waals surface area contributed by atoms with Gasteiger partial charge in [0, 0.05) is 11.8 Å². The lowest BCUT2D eigenvalue weighted by Crippen LogP contribution is -2.14. The molecule has 0 aliphatic carbocycles. The first-order valence-electron chi connectivity index (χ1n) is 8.15. The van der Waals surface area contributed by atoms with Crippen molar-refractivity contribution in [1.82, 2.24) is 9.97 Å². The van der Waals surface area contributed by atoms with E-state index in [0.29, 0.717) is 16.6 Å². The summed E-state index contributed by atoms with van der Waals surface area (Å²) in [5.74, 6) is 1.96. The molecule has 1 heterocycles. The number of benzene rings is 2. The van der Waals surface area contributed by atoms with Crippen LogP contribution in [0.5, 0.6) is 11.5 Å². The summed E-state index contributed by atoms with van der Waals surface area (Å²) in [7, 11) is 0. The van der Waals surface area contributed by atoms with Crippen molar-refractivity contribution in [2.45, 2.75) is 12.1 Å². The number of ether oxygens (including phenoxy) is 1. The summed E-state index contributed by atoms with van der Waals surface area (Å²) in [5, 5.41) is 3.17. The summed E-state index contributed by atoms with van der Waals surface area (Å²) in [5.41, 5.74) is 13.0. The van der Waals surface area contributed by atoms with Gasteiger partial charge >= 0.3 is 0 Å². The zero-order valence-corrected chi connectivity index (χ0v) is 15.5. The fraction of sp³-hybridized carbons (Fsp3) is 0.105. The Balaban J connectivity index is 1.53. The lowest BCUT2D eigenvalue weighted by atomic mass is 10.2. The van der Waals surface area contributed by atoms with Crippen LogP contribution < -0.4 is 21.5 Å². The molecule has 8 heteroatoms. The Hall–Kier alpha value is -3.26. The molecular weight excluding hydrogens is 362 g/mol. The second kappa shape index (κ2) is 8.41. The Bertz CT molecular complexity index is 927. The van der Waals surface area contributed by atoms with Crippen LogP contribution in [0, 0.1) is 6.92 Å². The molecule has 0 unspecified atom stereocenters. The molecule has 0 saturated heterocycles. The molecule has 7 nitrogen and oxygen atoms in total. The average Bonchev–Trinajstić information content (AvgIpc) is 2.61. The molecule has 3 aromatic rings. The van der Waals surface area contributed by atoms with E-state index in [1.165, 1.54) is 6.07 Å². The van der Waals surface area contributed by atoms with Crippen molar-refractivity contribution >= 4 is 35.0 Å². The van der Waals surface area contributed by atoms with Crippen molar-refractivity contribution in [1.29, 1.82) is 0 Å². The van der Waals surface area contributed by atoms with E-state index in [0.717, 1.165) is 23.1 Å². The molecule has 0 radical (unpaired) electrons. The van der Waals surface area contributed by atoms with Crippen LogP contribution in [-0.4, -0.2) is 21.6 Å². The van der Waals surface area contributed by atoms with Crippen molar-refractivity contribution in [3.63, 3.8) is 0 Å². The lowest BCUT2D eigenvalue weighted by Gasteiger charge is -2.08. The Morgan fingerprint density at radius 1 is 1.04 bits per heavy atom. The largest absolute Gasteiger partial charge is 0.457 e. The van der Waals surface area contributed by atoms with Gasteiger partial charge in [-0.05, 0) is 48.9 Å². The molecule has 2 aromatic carbocycles. The summed E-state index contributed by atoms with van der Waals surface area (Å²) in [6.45, 7) is 2.01. The van der Waals surface area contributed by atoms with Gasteiger partial charge in [0.15, 0.2) is 5.16 Å². The fourth-order valence-electron chi connectivity index (χ4n) is 2.27. The summed E-state index contributed by atoms with van der Waals surface area (Å²) in [6, 6.07) is 16.4. The molecule has 0 aliphatic rings. The number of nitrogens with zero attached hydrogens (tertiary/aromatic N) is 2. The third-order valence-corrected chi connectivity index (χ3v) is 4.29. The summed E-state index contributed by atoms with van der Waals surface area (Å²) < 4.78 is 5.79. The second-order valence-corrected chi connectivity index (χ2v) is 6.72. The van der Waals surface area contributed by atoms with Gasteiger partial charge in [-0.15, -0.1) is 0 Å². The predicted molar refractivity (Wildman–Crippen MR) is 108 cm³/mol. The van der Waals surface area contributed by atoms with Crippen LogP contribution >= 0.6 is 11.8 Å². The monoisotopic (exact) mass is 381 g/mol. The van der Waals surface area contributed by atoms with Crippen LogP contribution in [-0.2, 0) is 4.79 Å². The minimum absolute atomic E-state index is 0.143. The van der Waals surface area contributed by atoms with E-state index in [4.69, 9.17) is 16.2 Å².